The van der Waals surface area contributed by atoms with Gasteiger partial charge in [-0.3, -0.25) is 9.52 Å². The molecule has 0 unspecified atom stereocenters. The van der Waals surface area contributed by atoms with Crippen LogP contribution in [0.25, 0.3) is 0 Å². The first-order valence-corrected chi connectivity index (χ1v) is 9.69. The number of halogens is 2. The fraction of sp³-hybridized carbons (Fsp3) is 0.0500. The summed E-state index contributed by atoms with van der Waals surface area (Å²) in [6.07, 6.45) is 0. The number of hydrogen-bond donors (Lipinski definition) is 2. The van der Waals surface area contributed by atoms with Crippen molar-refractivity contribution in [2.45, 2.75) is 11.8 Å². The van der Waals surface area contributed by atoms with E-state index in [1.54, 1.807) is 13.0 Å². The Labute approximate surface area is 161 Å². The molecule has 0 fully saturated rings. The van der Waals surface area contributed by atoms with Gasteiger partial charge in [0.05, 0.1) is 16.3 Å². The highest BCUT2D eigenvalue weighted by Gasteiger charge is 2.18. The number of hydrogen-bond acceptors (Lipinski definition) is 3. The lowest BCUT2D eigenvalue weighted by molar-refractivity contribution is 0.102. The number of para-hydroxylation sites is 1. The number of benzene rings is 3. The number of carbonyl (C=O) groups is 1. The van der Waals surface area contributed by atoms with Crippen LogP contribution in [0.1, 0.15) is 15.9 Å². The van der Waals surface area contributed by atoms with E-state index in [0.717, 1.165) is 17.7 Å². The van der Waals surface area contributed by atoms with Crippen LogP contribution < -0.4 is 10.0 Å². The Morgan fingerprint density at radius 2 is 1.57 bits per heavy atom. The highest BCUT2D eigenvalue weighted by Crippen LogP contribution is 2.21. The molecule has 3 rings (SSSR count). The summed E-state index contributed by atoms with van der Waals surface area (Å²) in [6, 6.07) is 14.7. The van der Waals surface area contributed by atoms with Gasteiger partial charge in [-0.05, 0) is 55.0 Å². The lowest BCUT2D eigenvalue weighted by atomic mass is 10.2. The Hall–Kier alpha value is -3.26. The summed E-state index contributed by atoms with van der Waals surface area (Å²) in [4.78, 5) is 12.2. The van der Waals surface area contributed by atoms with E-state index in [9.17, 15) is 22.0 Å². The molecule has 0 spiro atoms. The van der Waals surface area contributed by atoms with Crippen LogP contribution in [-0.4, -0.2) is 14.3 Å². The minimum absolute atomic E-state index is 0.0114. The fourth-order valence-electron chi connectivity index (χ4n) is 2.48. The van der Waals surface area contributed by atoms with Crippen molar-refractivity contribution in [2.75, 3.05) is 10.0 Å². The number of sulfonamides is 1. The summed E-state index contributed by atoms with van der Waals surface area (Å²) in [7, 11) is -4.12. The molecule has 0 bridgehead atoms. The molecule has 0 aliphatic rings. The van der Waals surface area contributed by atoms with Crippen molar-refractivity contribution in [3.8, 4) is 0 Å². The minimum atomic E-state index is -4.12. The first-order chi connectivity index (χ1) is 13.3. The molecule has 0 aliphatic carbocycles. The summed E-state index contributed by atoms with van der Waals surface area (Å²) < 4.78 is 54.7. The predicted octanol–water partition coefficient (Wildman–Crippen LogP) is 4.33. The Morgan fingerprint density at radius 1 is 0.857 bits per heavy atom. The van der Waals surface area contributed by atoms with Gasteiger partial charge in [0, 0.05) is 5.56 Å². The number of aryl methyl sites for hydroxylation is 1. The molecule has 2 N–H and O–H groups in total. The Bertz CT molecular complexity index is 1150. The normalized spacial score (nSPS) is 11.1. The molecule has 0 saturated heterocycles. The Kier molecular flexibility index (Phi) is 5.41. The highest BCUT2D eigenvalue weighted by molar-refractivity contribution is 7.92. The van der Waals surface area contributed by atoms with Crippen molar-refractivity contribution in [1.29, 1.82) is 0 Å². The molecule has 0 aromatic heterocycles. The van der Waals surface area contributed by atoms with E-state index in [1.165, 1.54) is 48.5 Å². The quantitative estimate of drug-likeness (QED) is 0.667. The van der Waals surface area contributed by atoms with Crippen LogP contribution >= 0.6 is 0 Å². The minimum Gasteiger partial charge on any atom is -0.319 e. The Balaban J connectivity index is 1.86. The number of carbonyl (C=O) groups excluding carboxylic acids is 1. The van der Waals surface area contributed by atoms with Gasteiger partial charge in [0.2, 0.25) is 0 Å². The fourth-order valence-corrected chi connectivity index (χ4v) is 3.59. The first kappa shape index (κ1) is 19.5. The van der Waals surface area contributed by atoms with Gasteiger partial charge >= 0.3 is 0 Å². The van der Waals surface area contributed by atoms with E-state index in [4.69, 9.17) is 0 Å². The molecule has 1 amide bonds. The van der Waals surface area contributed by atoms with Gasteiger partial charge in [0.15, 0.2) is 0 Å². The number of anilines is 2. The SMILES string of the molecule is Cc1ccc(F)c(NC(=O)c2cccc(S(=O)(=O)Nc3ccccc3F)c2)c1. The summed E-state index contributed by atoms with van der Waals surface area (Å²) in [5.74, 6) is -2.01. The molecule has 0 heterocycles. The number of nitrogens with one attached hydrogen (secondary N) is 2. The lowest BCUT2D eigenvalue weighted by Gasteiger charge is -2.11. The third-order valence-electron chi connectivity index (χ3n) is 3.89. The van der Waals surface area contributed by atoms with Crippen molar-refractivity contribution in [1.82, 2.24) is 0 Å². The zero-order valence-corrected chi connectivity index (χ0v) is 15.6. The van der Waals surface area contributed by atoms with Crippen LogP contribution in [-0.2, 0) is 10.0 Å². The lowest BCUT2D eigenvalue weighted by Crippen LogP contribution is -2.17. The van der Waals surface area contributed by atoms with E-state index in [1.807, 2.05) is 0 Å². The zero-order valence-electron chi connectivity index (χ0n) is 14.7. The third kappa shape index (κ3) is 4.34. The van der Waals surface area contributed by atoms with Gasteiger partial charge in [-0.1, -0.05) is 24.3 Å². The van der Waals surface area contributed by atoms with Gasteiger partial charge in [0.1, 0.15) is 11.6 Å². The largest absolute Gasteiger partial charge is 0.319 e. The summed E-state index contributed by atoms with van der Waals surface area (Å²) >= 11 is 0. The van der Waals surface area contributed by atoms with E-state index in [2.05, 4.69) is 10.0 Å². The molecule has 8 heteroatoms. The first-order valence-electron chi connectivity index (χ1n) is 8.21. The van der Waals surface area contributed by atoms with Gasteiger partial charge in [-0.2, -0.15) is 0 Å². The summed E-state index contributed by atoms with van der Waals surface area (Å²) in [5, 5.41) is 2.42. The third-order valence-corrected chi connectivity index (χ3v) is 5.26. The standard InChI is InChI=1S/C20H16F2N2O3S/c1-13-9-10-17(22)19(11-13)23-20(25)14-5-4-6-15(12-14)28(26,27)24-18-8-3-2-7-16(18)21/h2-12,24H,1H3,(H,23,25). The van der Waals surface area contributed by atoms with Crippen LogP contribution in [0.15, 0.2) is 71.6 Å². The van der Waals surface area contributed by atoms with E-state index in [-0.39, 0.29) is 21.8 Å². The van der Waals surface area contributed by atoms with Crippen LogP contribution in [0, 0.1) is 18.6 Å². The maximum atomic E-state index is 13.8. The second-order valence-electron chi connectivity index (χ2n) is 6.05. The topological polar surface area (TPSA) is 75.3 Å². The van der Waals surface area contributed by atoms with Gasteiger partial charge in [0.25, 0.3) is 15.9 Å². The van der Waals surface area contributed by atoms with E-state index in [0.29, 0.717) is 0 Å². The van der Waals surface area contributed by atoms with Crippen LogP contribution in [0.5, 0.6) is 0 Å². The average Bonchev–Trinajstić information content (AvgIpc) is 2.66. The van der Waals surface area contributed by atoms with Crippen LogP contribution in [0.4, 0.5) is 20.2 Å². The Morgan fingerprint density at radius 3 is 2.32 bits per heavy atom. The van der Waals surface area contributed by atoms with Gasteiger partial charge < -0.3 is 5.32 Å². The number of amides is 1. The van der Waals surface area contributed by atoms with Crippen molar-refractivity contribution in [3.05, 3.63) is 89.5 Å². The molecular weight excluding hydrogens is 386 g/mol. The molecule has 0 saturated carbocycles. The van der Waals surface area contributed by atoms with Crippen molar-refractivity contribution < 1.29 is 22.0 Å². The van der Waals surface area contributed by atoms with E-state index < -0.39 is 27.6 Å². The highest BCUT2D eigenvalue weighted by atomic mass is 32.2. The second kappa shape index (κ2) is 7.77. The van der Waals surface area contributed by atoms with Gasteiger partial charge in [-0.25, -0.2) is 17.2 Å². The molecule has 28 heavy (non-hydrogen) atoms. The van der Waals surface area contributed by atoms with Crippen LogP contribution in [0.3, 0.4) is 0 Å². The second-order valence-corrected chi connectivity index (χ2v) is 7.73. The summed E-state index contributed by atoms with van der Waals surface area (Å²) in [5.41, 5.74) is 0.543. The molecule has 0 radical (unpaired) electrons. The van der Waals surface area contributed by atoms with Crippen LogP contribution in [0.2, 0.25) is 0 Å². The zero-order chi connectivity index (χ0) is 20.3. The molecule has 3 aromatic carbocycles. The molecule has 0 atom stereocenters. The van der Waals surface area contributed by atoms with E-state index >= 15 is 0 Å². The number of rotatable bonds is 5. The molecule has 3 aromatic rings. The van der Waals surface area contributed by atoms with Crippen molar-refractivity contribution >= 4 is 27.3 Å². The summed E-state index contributed by atoms with van der Waals surface area (Å²) in [6.45, 7) is 1.75. The van der Waals surface area contributed by atoms with Crippen molar-refractivity contribution in [2.24, 2.45) is 0 Å². The maximum Gasteiger partial charge on any atom is 0.262 e. The maximum absolute atomic E-state index is 13.8. The smallest absolute Gasteiger partial charge is 0.262 e. The molecule has 144 valence electrons. The average molecular weight is 402 g/mol. The molecular formula is C20H16F2N2O3S. The predicted molar refractivity (Wildman–Crippen MR) is 103 cm³/mol. The van der Waals surface area contributed by atoms with Crippen molar-refractivity contribution in [3.63, 3.8) is 0 Å². The molecule has 0 aliphatic heterocycles. The monoisotopic (exact) mass is 402 g/mol. The van der Waals surface area contributed by atoms with Gasteiger partial charge in [-0.15, -0.1) is 0 Å². The molecule has 5 nitrogen and oxygen atoms in total.